The summed E-state index contributed by atoms with van der Waals surface area (Å²) in [4.78, 5) is 29.5. The first-order valence-corrected chi connectivity index (χ1v) is 7.28. The molecule has 1 saturated heterocycles. The van der Waals surface area contributed by atoms with Crippen molar-refractivity contribution in [2.24, 2.45) is 5.92 Å². The summed E-state index contributed by atoms with van der Waals surface area (Å²) in [5.41, 5.74) is 1.72. The fourth-order valence-electron chi connectivity index (χ4n) is 2.84. The number of hydrogen-bond acceptors (Lipinski definition) is 4. The van der Waals surface area contributed by atoms with Crippen LogP contribution in [0, 0.1) is 5.92 Å². The van der Waals surface area contributed by atoms with Crippen LogP contribution in [-0.4, -0.2) is 43.8 Å². The maximum absolute atomic E-state index is 11.5. The molecule has 0 aliphatic carbocycles. The number of nitrogens with one attached hydrogen (secondary N) is 1. The second-order valence-corrected chi connectivity index (χ2v) is 5.51. The van der Waals surface area contributed by atoms with Crippen LogP contribution in [0.3, 0.4) is 0 Å². The number of H-pyrrole nitrogens is 1. The van der Waals surface area contributed by atoms with Gasteiger partial charge in [0.2, 0.25) is 5.91 Å². The van der Waals surface area contributed by atoms with Gasteiger partial charge in [0.1, 0.15) is 5.69 Å². The minimum Gasteiger partial charge on any atom is -0.343 e. The maximum Gasteiger partial charge on any atom is 0.219 e. The van der Waals surface area contributed by atoms with Crippen LogP contribution in [0.2, 0.25) is 0 Å². The summed E-state index contributed by atoms with van der Waals surface area (Å²) in [6.07, 6.45) is 10.0. The van der Waals surface area contributed by atoms with E-state index in [1.807, 2.05) is 4.90 Å². The Bertz CT molecular complexity index is 610. The molecule has 1 atom stereocenters. The minimum absolute atomic E-state index is 0.162. The van der Waals surface area contributed by atoms with Crippen molar-refractivity contribution < 1.29 is 4.79 Å². The highest BCUT2D eigenvalue weighted by Crippen LogP contribution is 2.21. The quantitative estimate of drug-likeness (QED) is 0.930. The van der Waals surface area contributed by atoms with Crippen molar-refractivity contribution in [2.75, 3.05) is 13.1 Å². The standard InChI is InChI=1S/C15H19N5O/c1-11(21)20-6-2-3-12(10-20)7-13-8-16-9-14(19-13)15-17-4-5-18-15/h4-5,8-9,12H,2-3,6-7,10H2,1H3,(H,17,18)/t12-/m0/s1. The van der Waals surface area contributed by atoms with Crippen LogP contribution >= 0.6 is 0 Å². The molecule has 0 unspecified atom stereocenters. The van der Waals surface area contributed by atoms with E-state index in [1.54, 1.807) is 31.7 Å². The van der Waals surface area contributed by atoms with Crippen molar-refractivity contribution in [1.29, 1.82) is 0 Å². The molecule has 3 rings (SSSR count). The number of nitrogens with zero attached hydrogens (tertiary/aromatic N) is 4. The Morgan fingerprint density at radius 2 is 2.38 bits per heavy atom. The highest BCUT2D eigenvalue weighted by Gasteiger charge is 2.22. The molecule has 1 aliphatic rings. The highest BCUT2D eigenvalue weighted by atomic mass is 16.2. The van der Waals surface area contributed by atoms with E-state index < -0.39 is 0 Å². The van der Waals surface area contributed by atoms with Gasteiger partial charge in [0.05, 0.1) is 11.9 Å². The van der Waals surface area contributed by atoms with Crippen molar-refractivity contribution in [3.05, 3.63) is 30.5 Å². The van der Waals surface area contributed by atoms with E-state index in [2.05, 4.69) is 19.9 Å². The van der Waals surface area contributed by atoms with Crippen molar-refractivity contribution in [1.82, 2.24) is 24.8 Å². The summed E-state index contributed by atoms with van der Waals surface area (Å²) in [5, 5.41) is 0. The molecule has 1 amide bonds. The van der Waals surface area contributed by atoms with Crippen LogP contribution in [0.15, 0.2) is 24.8 Å². The highest BCUT2D eigenvalue weighted by molar-refractivity contribution is 5.73. The normalized spacial score (nSPS) is 18.7. The Morgan fingerprint density at radius 3 is 3.14 bits per heavy atom. The number of aromatic nitrogens is 4. The summed E-state index contributed by atoms with van der Waals surface area (Å²) in [7, 11) is 0. The summed E-state index contributed by atoms with van der Waals surface area (Å²) in [6.45, 7) is 3.34. The van der Waals surface area contributed by atoms with Gasteiger partial charge in [-0.2, -0.15) is 0 Å². The zero-order valence-electron chi connectivity index (χ0n) is 12.1. The molecule has 0 spiro atoms. The van der Waals surface area contributed by atoms with Gasteiger partial charge in [-0.15, -0.1) is 0 Å². The Kier molecular flexibility index (Phi) is 3.94. The SMILES string of the molecule is CC(=O)N1CCC[C@@H](Cc2cncc(-c3ncc[nH]3)n2)C1. The van der Waals surface area contributed by atoms with Gasteiger partial charge in [0.25, 0.3) is 0 Å². The number of aromatic amines is 1. The van der Waals surface area contributed by atoms with Crippen molar-refractivity contribution >= 4 is 5.91 Å². The fraction of sp³-hybridized carbons (Fsp3) is 0.467. The zero-order chi connectivity index (χ0) is 14.7. The number of imidazole rings is 1. The molecular weight excluding hydrogens is 266 g/mol. The van der Waals surface area contributed by atoms with E-state index in [0.29, 0.717) is 5.92 Å². The van der Waals surface area contributed by atoms with Crippen LogP contribution in [0.1, 0.15) is 25.5 Å². The molecular formula is C15H19N5O. The lowest BCUT2D eigenvalue weighted by Crippen LogP contribution is -2.39. The van der Waals surface area contributed by atoms with Gasteiger partial charge >= 0.3 is 0 Å². The fourth-order valence-corrected chi connectivity index (χ4v) is 2.84. The molecule has 0 saturated carbocycles. The van der Waals surface area contributed by atoms with E-state index in [0.717, 1.165) is 49.6 Å². The van der Waals surface area contributed by atoms with Crippen molar-refractivity contribution in [3.8, 4) is 11.5 Å². The summed E-state index contributed by atoms with van der Waals surface area (Å²) in [5.74, 6) is 1.36. The van der Waals surface area contributed by atoms with Crippen molar-refractivity contribution in [3.63, 3.8) is 0 Å². The van der Waals surface area contributed by atoms with Gasteiger partial charge in [0, 0.05) is 38.6 Å². The lowest BCUT2D eigenvalue weighted by molar-refractivity contribution is -0.130. The first-order valence-electron chi connectivity index (χ1n) is 7.28. The van der Waals surface area contributed by atoms with Crippen LogP contribution in [0.4, 0.5) is 0 Å². The smallest absolute Gasteiger partial charge is 0.219 e. The van der Waals surface area contributed by atoms with Gasteiger partial charge < -0.3 is 9.88 Å². The molecule has 1 N–H and O–H groups in total. The Morgan fingerprint density at radius 1 is 1.48 bits per heavy atom. The lowest BCUT2D eigenvalue weighted by atomic mass is 9.93. The van der Waals surface area contributed by atoms with E-state index >= 15 is 0 Å². The molecule has 0 radical (unpaired) electrons. The summed E-state index contributed by atoms with van der Waals surface area (Å²) < 4.78 is 0. The molecule has 1 fully saturated rings. The second-order valence-electron chi connectivity index (χ2n) is 5.51. The zero-order valence-corrected chi connectivity index (χ0v) is 12.1. The summed E-state index contributed by atoms with van der Waals surface area (Å²) in [6, 6.07) is 0. The topological polar surface area (TPSA) is 74.8 Å². The van der Waals surface area contributed by atoms with E-state index in [1.165, 1.54) is 0 Å². The third kappa shape index (κ3) is 3.26. The molecule has 6 nitrogen and oxygen atoms in total. The molecule has 0 aromatic carbocycles. The number of rotatable bonds is 3. The van der Waals surface area contributed by atoms with Gasteiger partial charge in [-0.05, 0) is 25.2 Å². The molecule has 21 heavy (non-hydrogen) atoms. The number of likely N-dealkylation sites (tertiary alicyclic amines) is 1. The van der Waals surface area contributed by atoms with Gasteiger partial charge in [0.15, 0.2) is 5.82 Å². The molecule has 2 aromatic heterocycles. The van der Waals surface area contributed by atoms with Crippen LogP contribution in [0.5, 0.6) is 0 Å². The van der Waals surface area contributed by atoms with E-state index in [-0.39, 0.29) is 5.91 Å². The number of carbonyl (C=O) groups is 1. The molecule has 0 bridgehead atoms. The number of carbonyl (C=O) groups excluding carboxylic acids is 1. The van der Waals surface area contributed by atoms with Gasteiger partial charge in [-0.1, -0.05) is 0 Å². The van der Waals surface area contributed by atoms with Crippen LogP contribution in [-0.2, 0) is 11.2 Å². The predicted molar refractivity (Wildman–Crippen MR) is 78.3 cm³/mol. The first kappa shape index (κ1) is 13.7. The van der Waals surface area contributed by atoms with Gasteiger partial charge in [-0.25, -0.2) is 9.97 Å². The molecule has 6 heteroatoms. The average molecular weight is 285 g/mol. The molecule has 110 valence electrons. The minimum atomic E-state index is 0.162. The predicted octanol–water partition coefficient (Wildman–Crippen LogP) is 1.67. The monoisotopic (exact) mass is 285 g/mol. The number of hydrogen-bond donors (Lipinski definition) is 1. The van der Waals surface area contributed by atoms with Crippen molar-refractivity contribution in [2.45, 2.75) is 26.2 Å². The van der Waals surface area contributed by atoms with Crippen LogP contribution < -0.4 is 0 Å². The molecule has 2 aromatic rings. The van der Waals surface area contributed by atoms with Crippen LogP contribution in [0.25, 0.3) is 11.5 Å². The molecule has 3 heterocycles. The summed E-state index contributed by atoms with van der Waals surface area (Å²) >= 11 is 0. The average Bonchev–Trinajstić information content (AvgIpc) is 3.02. The largest absolute Gasteiger partial charge is 0.343 e. The van der Waals surface area contributed by atoms with Gasteiger partial charge in [-0.3, -0.25) is 9.78 Å². The van der Waals surface area contributed by atoms with E-state index in [4.69, 9.17) is 0 Å². The number of piperidine rings is 1. The Balaban J connectivity index is 1.70. The molecule has 1 aliphatic heterocycles. The third-order valence-electron chi connectivity index (χ3n) is 3.89. The maximum atomic E-state index is 11.5. The van der Waals surface area contributed by atoms with E-state index in [9.17, 15) is 4.79 Å². The Labute approximate surface area is 123 Å². The number of amides is 1. The third-order valence-corrected chi connectivity index (χ3v) is 3.89. The first-order chi connectivity index (χ1) is 10.2. The Hall–Kier alpha value is -2.24. The lowest BCUT2D eigenvalue weighted by Gasteiger charge is -2.31. The second kappa shape index (κ2) is 6.03.